The molecular weight excluding hydrogens is 320 g/mol. The minimum atomic E-state index is -0.150. The molecule has 0 saturated heterocycles. The van der Waals surface area contributed by atoms with E-state index in [0.717, 1.165) is 5.69 Å². The largest absolute Gasteiger partial charge is 0.475 e. The van der Waals surface area contributed by atoms with Crippen molar-refractivity contribution in [2.45, 2.75) is 12.6 Å². The summed E-state index contributed by atoms with van der Waals surface area (Å²) >= 11 is 0. The highest BCUT2D eigenvalue weighted by Crippen LogP contribution is 2.22. The van der Waals surface area contributed by atoms with Crippen LogP contribution in [-0.4, -0.2) is 48.7 Å². The molecule has 0 aliphatic carbocycles. The molecule has 0 radical (unpaired) electrons. The predicted molar refractivity (Wildman–Crippen MR) is 87.8 cm³/mol. The highest BCUT2D eigenvalue weighted by molar-refractivity contribution is 5.92. The Hall–Kier alpha value is -3.29. The van der Waals surface area contributed by atoms with Crippen LogP contribution in [-0.2, 0) is 6.54 Å². The average Bonchev–Trinajstić information content (AvgIpc) is 3.16. The van der Waals surface area contributed by atoms with Gasteiger partial charge in [0.05, 0.1) is 18.4 Å². The SMILES string of the molecule is O=C(c1cnccn1)N1Cc2ccnn2[C@H](COc2ccccn2)C1. The summed E-state index contributed by atoms with van der Waals surface area (Å²) in [6.45, 7) is 1.34. The van der Waals surface area contributed by atoms with Crippen molar-refractivity contribution in [3.63, 3.8) is 0 Å². The van der Waals surface area contributed by atoms with Crippen LogP contribution in [0.25, 0.3) is 0 Å². The van der Waals surface area contributed by atoms with Crippen LogP contribution in [0, 0.1) is 0 Å². The number of carbonyl (C=O) groups excluding carboxylic acids is 1. The first kappa shape index (κ1) is 15.3. The zero-order valence-corrected chi connectivity index (χ0v) is 13.4. The molecule has 1 aliphatic heterocycles. The van der Waals surface area contributed by atoms with E-state index >= 15 is 0 Å². The normalized spacial score (nSPS) is 16.3. The van der Waals surface area contributed by atoms with Crippen LogP contribution in [0.5, 0.6) is 5.88 Å². The summed E-state index contributed by atoms with van der Waals surface area (Å²) < 4.78 is 7.67. The first-order valence-corrected chi connectivity index (χ1v) is 7.93. The summed E-state index contributed by atoms with van der Waals surface area (Å²) in [5, 5.41) is 4.37. The fourth-order valence-corrected chi connectivity index (χ4v) is 2.85. The van der Waals surface area contributed by atoms with Crippen molar-refractivity contribution < 1.29 is 9.53 Å². The van der Waals surface area contributed by atoms with Gasteiger partial charge in [0, 0.05) is 37.4 Å². The van der Waals surface area contributed by atoms with E-state index in [1.165, 1.54) is 12.4 Å². The van der Waals surface area contributed by atoms with Gasteiger partial charge in [-0.2, -0.15) is 5.10 Å². The zero-order valence-electron chi connectivity index (χ0n) is 13.4. The Bertz CT molecular complexity index is 852. The van der Waals surface area contributed by atoms with Gasteiger partial charge in [-0.3, -0.25) is 14.5 Å². The summed E-state index contributed by atoms with van der Waals surface area (Å²) in [7, 11) is 0. The van der Waals surface area contributed by atoms with Gasteiger partial charge in [0.1, 0.15) is 18.3 Å². The van der Waals surface area contributed by atoms with Crippen LogP contribution < -0.4 is 4.74 Å². The van der Waals surface area contributed by atoms with Gasteiger partial charge >= 0.3 is 0 Å². The number of hydrogen-bond donors (Lipinski definition) is 0. The Labute approximate surface area is 144 Å². The highest BCUT2D eigenvalue weighted by atomic mass is 16.5. The van der Waals surface area contributed by atoms with Gasteiger partial charge in [0.15, 0.2) is 0 Å². The Morgan fingerprint density at radius 1 is 1.16 bits per heavy atom. The van der Waals surface area contributed by atoms with E-state index in [2.05, 4.69) is 20.1 Å². The lowest BCUT2D eigenvalue weighted by Crippen LogP contribution is -2.43. The first-order valence-electron chi connectivity index (χ1n) is 7.93. The number of carbonyl (C=O) groups is 1. The molecule has 4 heterocycles. The van der Waals surface area contributed by atoms with Crippen molar-refractivity contribution in [2.24, 2.45) is 0 Å². The third kappa shape index (κ3) is 3.18. The highest BCUT2D eigenvalue weighted by Gasteiger charge is 2.30. The molecule has 0 bridgehead atoms. The van der Waals surface area contributed by atoms with Gasteiger partial charge in [0.25, 0.3) is 5.91 Å². The second-order valence-electron chi connectivity index (χ2n) is 5.68. The molecule has 0 N–H and O–H groups in total. The number of aromatic nitrogens is 5. The smallest absolute Gasteiger partial charge is 0.274 e. The molecule has 8 heteroatoms. The van der Waals surface area contributed by atoms with Crippen molar-refractivity contribution in [1.29, 1.82) is 0 Å². The molecule has 0 aromatic carbocycles. The second kappa shape index (κ2) is 6.68. The lowest BCUT2D eigenvalue weighted by molar-refractivity contribution is 0.0625. The van der Waals surface area contributed by atoms with Gasteiger partial charge in [-0.15, -0.1) is 0 Å². The van der Waals surface area contributed by atoms with Gasteiger partial charge in [0.2, 0.25) is 5.88 Å². The van der Waals surface area contributed by atoms with Crippen LogP contribution in [0.15, 0.2) is 55.2 Å². The van der Waals surface area contributed by atoms with Crippen LogP contribution in [0.1, 0.15) is 22.2 Å². The number of amides is 1. The van der Waals surface area contributed by atoms with Gasteiger partial charge in [-0.05, 0) is 12.1 Å². The standard InChI is InChI=1S/C17H16N6O2/c24-17(15-9-18-7-8-19-15)22-10-13-4-6-21-23(13)14(11-22)12-25-16-3-1-2-5-20-16/h1-9,14H,10-12H2/t14-/m0/s1. The Balaban J connectivity index is 1.52. The molecular formula is C17H16N6O2. The van der Waals surface area contributed by atoms with Crippen LogP contribution in [0.2, 0.25) is 0 Å². The van der Waals surface area contributed by atoms with Crippen molar-refractivity contribution in [2.75, 3.05) is 13.2 Å². The minimum absolute atomic E-state index is 0.0959. The molecule has 1 atom stereocenters. The number of pyridine rings is 1. The Kier molecular flexibility index (Phi) is 4.07. The number of rotatable bonds is 4. The zero-order chi connectivity index (χ0) is 17.1. The van der Waals surface area contributed by atoms with E-state index < -0.39 is 0 Å². The van der Waals surface area contributed by atoms with E-state index in [0.29, 0.717) is 31.3 Å². The molecule has 0 fully saturated rings. The van der Waals surface area contributed by atoms with E-state index in [1.807, 2.05) is 22.9 Å². The summed E-state index contributed by atoms with van der Waals surface area (Å²) in [5.74, 6) is 0.400. The third-order valence-corrected chi connectivity index (χ3v) is 4.01. The molecule has 0 saturated carbocycles. The topological polar surface area (TPSA) is 86.0 Å². The van der Waals surface area contributed by atoms with E-state index in [4.69, 9.17) is 4.74 Å². The number of ether oxygens (including phenoxy) is 1. The summed E-state index contributed by atoms with van der Waals surface area (Å²) in [4.78, 5) is 26.7. The van der Waals surface area contributed by atoms with Crippen LogP contribution in [0.3, 0.4) is 0 Å². The lowest BCUT2D eigenvalue weighted by atomic mass is 10.2. The maximum Gasteiger partial charge on any atom is 0.274 e. The summed E-state index contributed by atoms with van der Waals surface area (Å²) in [6, 6.07) is 7.31. The second-order valence-corrected chi connectivity index (χ2v) is 5.68. The number of hydrogen-bond acceptors (Lipinski definition) is 6. The fourth-order valence-electron chi connectivity index (χ4n) is 2.85. The molecule has 8 nitrogen and oxygen atoms in total. The first-order chi connectivity index (χ1) is 12.3. The molecule has 3 aromatic heterocycles. The monoisotopic (exact) mass is 336 g/mol. The third-order valence-electron chi connectivity index (χ3n) is 4.01. The summed E-state index contributed by atoms with van der Waals surface area (Å²) in [6.07, 6.45) is 7.96. The molecule has 25 heavy (non-hydrogen) atoms. The van der Waals surface area contributed by atoms with Crippen molar-refractivity contribution >= 4 is 5.91 Å². The molecule has 0 spiro atoms. The minimum Gasteiger partial charge on any atom is -0.475 e. The van der Waals surface area contributed by atoms with Crippen molar-refractivity contribution in [1.82, 2.24) is 29.6 Å². The molecule has 126 valence electrons. The maximum atomic E-state index is 12.7. The quantitative estimate of drug-likeness (QED) is 0.715. The maximum absolute atomic E-state index is 12.7. The van der Waals surface area contributed by atoms with Gasteiger partial charge in [-0.1, -0.05) is 6.07 Å². The Morgan fingerprint density at radius 2 is 2.12 bits per heavy atom. The van der Waals surface area contributed by atoms with Gasteiger partial charge < -0.3 is 9.64 Å². The lowest BCUT2D eigenvalue weighted by Gasteiger charge is -2.33. The summed E-state index contributed by atoms with van der Waals surface area (Å²) in [5.41, 5.74) is 1.29. The van der Waals surface area contributed by atoms with Crippen molar-refractivity contribution in [3.8, 4) is 5.88 Å². The van der Waals surface area contributed by atoms with E-state index in [1.54, 1.807) is 29.6 Å². The fraction of sp³-hybridized carbons (Fsp3) is 0.235. The molecule has 0 unspecified atom stereocenters. The van der Waals surface area contributed by atoms with E-state index in [-0.39, 0.29) is 11.9 Å². The van der Waals surface area contributed by atoms with E-state index in [9.17, 15) is 4.79 Å². The molecule has 1 amide bonds. The number of fused-ring (bicyclic) bond motifs is 1. The number of nitrogens with zero attached hydrogens (tertiary/aromatic N) is 6. The molecule has 1 aliphatic rings. The van der Waals surface area contributed by atoms with Crippen LogP contribution in [0.4, 0.5) is 0 Å². The average molecular weight is 336 g/mol. The molecule has 4 rings (SSSR count). The van der Waals surface area contributed by atoms with Gasteiger partial charge in [-0.25, -0.2) is 9.97 Å². The predicted octanol–water partition coefficient (Wildman–Crippen LogP) is 1.34. The van der Waals surface area contributed by atoms with Crippen LogP contribution >= 0.6 is 0 Å². The van der Waals surface area contributed by atoms with Crippen molar-refractivity contribution in [3.05, 3.63) is 66.6 Å². The molecule has 3 aromatic rings. The Morgan fingerprint density at radius 3 is 2.92 bits per heavy atom.